The highest BCUT2D eigenvalue weighted by atomic mass is 16.5. The van der Waals surface area contributed by atoms with Crippen LogP contribution < -0.4 is 15.0 Å². The summed E-state index contributed by atoms with van der Waals surface area (Å²) in [5.74, 6) is 1.05. The molecule has 0 fully saturated rings. The zero-order chi connectivity index (χ0) is 13.3. The van der Waals surface area contributed by atoms with E-state index in [1.54, 1.807) is 0 Å². The van der Waals surface area contributed by atoms with Crippen LogP contribution >= 0.6 is 0 Å². The number of nitrogens with one attached hydrogen (secondary N) is 1. The highest BCUT2D eigenvalue weighted by Gasteiger charge is 2.14. The van der Waals surface area contributed by atoms with Gasteiger partial charge in [0.25, 0.3) is 0 Å². The maximum Gasteiger partial charge on any atom is 0.142 e. The summed E-state index contributed by atoms with van der Waals surface area (Å²) in [5.41, 5.74) is 1.27. The van der Waals surface area contributed by atoms with Crippen LogP contribution in [0.3, 0.4) is 0 Å². The van der Waals surface area contributed by atoms with Crippen LogP contribution in [0.1, 0.15) is 32.6 Å². The molecule has 0 saturated heterocycles. The van der Waals surface area contributed by atoms with Gasteiger partial charge in [-0.3, -0.25) is 0 Å². The van der Waals surface area contributed by atoms with E-state index in [0.29, 0.717) is 0 Å². The van der Waals surface area contributed by atoms with Gasteiger partial charge in [-0.05, 0) is 44.5 Å². The van der Waals surface area contributed by atoms with Crippen LogP contribution in [-0.4, -0.2) is 32.8 Å². The smallest absolute Gasteiger partial charge is 0.142 e. The maximum absolute atomic E-state index is 5.79. The monoisotopic (exact) mass is 262 g/mol. The molecule has 0 bridgehead atoms. The molecule has 0 aliphatic carbocycles. The number of hydrogen-bond acceptors (Lipinski definition) is 3. The number of ether oxygens (including phenoxy) is 1. The molecule has 1 N–H and O–H groups in total. The molecule has 1 aliphatic heterocycles. The Morgan fingerprint density at radius 3 is 3.00 bits per heavy atom. The third kappa shape index (κ3) is 4.43. The Morgan fingerprint density at radius 2 is 2.11 bits per heavy atom. The quantitative estimate of drug-likeness (QED) is 0.764. The Balaban J connectivity index is 1.79. The first-order valence-corrected chi connectivity index (χ1v) is 7.59. The van der Waals surface area contributed by atoms with E-state index in [-0.39, 0.29) is 0 Å². The van der Waals surface area contributed by atoms with Gasteiger partial charge in [-0.2, -0.15) is 0 Å². The first-order valence-electron chi connectivity index (χ1n) is 7.59. The minimum absolute atomic E-state index is 0.841. The van der Waals surface area contributed by atoms with Gasteiger partial charge in [0.15, 0.2) is 0 Å². The SMILES string of the molecule is CCNCCCCCN1CCCOc2ccccc21. The lowest BCUT2D eigenvalue weighted by atomic mass is 10.2. The number of fused-ring (bicyclic) bond motifs is 1. The minimum atomic E-state index is 0.841. The average molecular weight is 262 g/mol. The standard InChI is InChI=1S/C16H26N2O/c1-2-17-11-6-3-7-12-18-13-8-14-19-16-10-5-4-9-15(16)18/h4-5,9-10,17H,2-3,6-8,11-14H2,1H3. The van der Waals surface area contributed by atoms with Gasteiger partial charge in [0.1, 0.15) is 5.75 Å². The number of anilines is 1. The fourth-order valence-corrected chi connectivity index (χ4v) is 2.54. The summed E-state index contributed by atoms with van der Waals surface area (Å²) in [6, 6.07) is 8.42. The Kier molecular flexibility index (Phi) is 6.02. The topological polar surface area (TPSA) is 24.5 Å². The van der Waals surface area contributed by atoms with Crippen molar-refractivity contribution in [3.8, 4) is 5.75 Å². The van der Waals surface area contributed by atoms with Gasteiger partial charge < -0.3 is 15.0 Å². The van der Waals surface area contributed by atoms with Crippen LogP contribution in [0.15, 0.2) is 24.3 Å². The Morgan fingerprint density at radius 1 is 1.21 bits per heavy atom. The molecule has 1 aromatic rings. The lowest BCUT2D eigenvalue weighted by Crippen LogP contribution is -2.25. The van der Waals surface area contributed by atoms with Crippen molar-refractivity contribution in [2.75, 3.05) is 37.7 Å². The van der Waals surface area contributed by atoms with E-state index in [9.17, 15) is 0 Å². The highest BCUT2D eigenvalue weighted by molar-refractivity contribution is 5.58. The second-order valence-electron chi connectivity index (χ2n) is 5.07. The molecule has 0 amide bonds. The molecule has 2 rings (SSSR count). The van der Waals surface area contributed by atoms with Gasteiger partial charge in [-0.15, -0.1) is 0 Å². The van der Waals surface area contributed by atoms with Crippen molar-refractivity contribution in [3.05, 3.63) is 24.3 Å². The third-order valence-corrected chi connectivity index (χ3v) is 3.57. The summed E-state index contributed by atoms with van der Waals surface area (Å²) >= 11 is 0. The number of nitrogens with zero attached hydrogens (tertiary/aromatic N) is 1. The number of para-hydroxylation sites is 2. The first kappa shape index (κ1) is 14.2. The largest absolute Gasteiger partial charge is 0.491 e. The highest BCUT2D eigenvalue weighted by Crippen LogP contribution is 2.30. The van der Waals surface area contributed by atoms with E-state index in [2.05, 4.69) is 41.4 Å². The normalized spacial score (nSPS) is 14.7. The second-order valence-corrected chi connectivity index (χ2v) is 5.07. The molecule has 0 atom stereocenters. The van der Waals surface area contributed by atoms with Crippen LogP contribution in [0.5, 0.6) is 5.75 Å². The van der Waals surface area contributed by atoms with Gasteiger partial charge in [0.05, 0.1) is 12.3 Å². The summed E-state index contributed by atoms with van der Waals surface area (Å²) in [6.07, 6.45) is 4.96. The van der Waals surface area contributed by atoms with Crippen molar-refractivity contribution in [1.82, 2.24) is 5.32 Å². The summed E-state index contributed by atoms with van der Waals surface area (Å²) < 4.78 is 5.79. The van der Waals surface area contributed by atoms with Gasteiger partial charge in [-0.25, -0.2) is 0 Å². The van der Waals surface area contributed by atoms with E-state index in [4.69, 9.17) is 4.74 Å². The van der Waals surface area contributed by atoms with Crippen LogP contribution in [-0.2, 0) is 0 Å². The molecule has 1 aromatic carbocycles. The number of benzene rings is 1. The average Bonchev–Trinajstić information content (AvgIpc) is 2.65. The summed E-state index contributed by atoms with van der Waals surface area (Å²) in [6.45, 7) is 7.49. The molecule has 19 heavy (non-hydrogen) atoms. The van der Waals surface area contributed by atoms with Crippen molar-refractivity contribution in [1.29, 1.82) is 0 Å². The van der Waals surface area contributed by atoms with Crippen LogP contribution in [0.4, 0.5) is 5.69 Å². The van der Waals surface area contributed by atoms with Gasteiger partial charge in [0.2, 0.25) is 0 Å². The van der Waals surface area contributed by atoms with Gasteiger partial charge in [-0.1, -0.05) is 25.5 Å². The molecule has 1 heterocycles. The molecule has 3 nitrogen and oxygen atoms in total. The Labute approximate surface area is 116 Å². The Hall–Kier alpha value is -1.22. The van der Waals surface area contributed by atoms with Crippen LogP contribution in [0, 0.1) is 0 Å². The van der Waals surface area contributed by atoms with Crippen molar-refractivity contribution < 1.29 is 4.74 Å². The van der Waals surface area contributed by atoms with E-state index < -0.39 is 0 Å². The van der Waals surface area contributed by atoms with Crippen molar-refractivity contribution >= 4 is 5.69 Å². The fraction of sp³-hybridized carbons (Fsp3) is 0.625. The molecule has 106 valence electrons. The maximum atomic E-state index is 5.79. The lowest BCUT2D eigenvalue weighted by molar-refractivity contribution is 0.322. The fourth-order valence-electron chi connectivity index (χ4n) is 2.54. The number of unbranched alkanes of at least 4 members (excludes halogenated alkanes) is 2. The van der Waals surface area contributed by atoms with E-state index >= 15 is 0 Å². The van der Waals surface area contributed by atoms with Crippen LogP contribution in [0.2, 0.25) is 0 Å². The minimum Gasteiger partial charge on any atom is -0.491 e. The molecule has 0 spiro atoms. The second kappa shape index (κ2) is 8.05. The predicted octanol–water partition coefficient (Wildman–Crippen LogP) is 3.06. The Bertz CT molecular complexity index is 368. The van der Waals surface area contributed by atoms with Gasteiger partial charge >= 0.3 is 0 Å². The molecule has 0 unspecified atom stereocenters. The molecule has 3 heteroatoms. The first-order chi connectivity index (χ1) is 9.42. The third-order valence-electron chi connectivity index (χ3n) is 3.57. The summed E-state index contributed by atoms with van der Waals surface area (Å²) in [4.78, 5) is 2.48. The lowest BCUT2D eigenvalue weighted by Gasteiger charge is -2.23. The zero-order valence-electron chi connectivity index (χ0n) is 12.0. The van der Waals surface area contributed by atoms with E-state index in [1.807, 2.05) is 0 Å². The molecular weight excluding hydrogens is 236 g/mol. The zero-order valence-corrected chi connectivity index (χ0v) is 12.0. The van der Waals surface area contributed by atoms with Gasteiger partial charge in [0, 0.05) is 13.1 Å². The van der Waals surface area contributed by atoms with Crippen LogP contribution in [0.25, 0.3) is 0 Å². The summed E-state index contributed by atoms with van der Waals surface area (Å²) in [5, 5.41) is 3.38. The van der Waals surface area contributed by atoms with Crippen molar-refractivity contribution in [2.45, 2.75) is 32.6 Å². The van der Waals surface area contributed by atoms with Crippen molar-refractivity contribution in [3.63, 3.8) is 0 Å². The van der Waals surface area contributed by atoms with Crippen molar-refractivity contribution in [2.24, 2.45) is 0 Å². The summed E-state index contributed by atoms with van der Waals surface area (Å²) in [7, 11) is 0. The molecule has 0 radical (unpaired) electrons. The number of hydrogen-bond donors (Lipinski definition) is 1. The number of rotatable bonds is 7. The predicted molar refractivity (Wildman–Crippen MR) is 81.2 cm³/mol. The van der Waals surface area contributed by atoms with E-state index in [1.165, 1.54) is 24.9 Å². The molecular formula is C16H26N2O. The van der Waals surface area contributed by atoms with E-state index in [0.717, 1.165) is 45.0 Å². The molecule has 0 aromatic heterocycles. The molecule has 0 saturated carbocycles. The molecule has 1 aliphatic rings.